The van der Waals surface area contributed by atoms with Gasteiger partial charge in [0, 0.05) is 28.0 Å². The summed E-state index contributed by atoms with van der Waals surface area (Å²) >= 11 is 2.97. The molecule has 0 spiro atoms. The van der Waals surface area contributed by atoms with Crippen LogP contribution in [0.1, 0.15) is 6.42 Å². The summed E-state index contributed by atoms with van der Waals surface area (Å²) in [7, 11) is 0. The summed E-state index contributed by atoms with van der Waals surface area (Å²) < 4.78 is 39.4. The lowest BCUT2D eigenvalue weighted by molar-refractivity contribution is -0.0316. The number of alkyl halides is 3. The van der Waals surface area contributed by atoms with Crippen LogP contribution in [0, 0.1) is 0 Å². The zero-order valence-corrected chi connectivity index (χ0v) is 17.7. The predicted octanol–water partition coefficient (Wildman–Crippen LogP) is 8.27. The molecule has 0 aliphatic rings. The zero-order chi connectivity index (χ0) is 20.5. The Kier molecular flexibility index (Phi) is 8.15. The molecule has 0 aromatic heterocycles. The van der Waals surface area contributed by atoms with Crippen molar-refractivity contribution < 1.29 is 13.2 Å². The van der Waals surface area contributed by atoms with E-state index in [2.05, 4.69) is 4.99 Å². The average molecular weight is 450 g/mol. The molecule has 0 aliphatic carbocycles. The topological polar surface area (TPSA) is 12.4 Å². The van der Waals surface area contributed by atoms with Crippen LogP contribution in [0.25, 0.3) is 0 Å². The fraction of sp³-hybridized carbons (Fsp3) is 0.136. The molecule has 3 aromatic carbocycles. The first-order valence-electron chi connectivity index (χ1n) is 8.80. The number of benzene rings is 3. The maximum atomic E-state index is 13.2. The number of nitrogens with zero attached hydrogens (tertiary/aromatic N) is 1. The van der Waals surface area contributed by atoms with Crippen molar-refractivity contribution in [1.29, 1.82) is 0 Å². The summed E-state index contributed by atoms with van der Waals surface area (Å²) in [4.78, 5) is 6.32. The Hall–Kier alpha value is -1.83. The number of para-hydroxylation sites is 1. The third kappa shape index (κ3) is 8.20. The van der Waals surface area contributed by atoms with Crippen LogP contribution in [-0.4, -0.2) is 15.1 Å². The van der Waals surface area contributed by atoms with Gasteiger partial charge in [-0.05, 0) is 36.4 Å². The molecule has 29 heavy (non-hydrogen) atoms. The van der Waals surface area contributed by atoms with Gasteiger partial charge in [0.05, 0.1) is 15.3 Å². The lowest BCUT2D eigenvalue weighted by Gasteiger charge is -2.18. The Morgan fingerprint density at radius 2 is 1.17 bits per heavy atom. The van der Waals surface area contributed by atoms with Crippen LogP contribution in [0.2, 0.25) is 0 Å². The van der Waals surface area contributed by atoms with Crippen LogP contribution in [0.4, 0.5) is 18.9 Å². The molecule has 7 heteroatoms. The van der Waals surface area contributed by atoms with Gasteiger partial charge in [-0.15, -0.1) is 23.5 Å². The lowest BCUT2D eigenvalue weighted by atomic mass is 10.3. The summed E-state index contributed by atoms with van der Waals surface area (Å²) in [5.41, 5.74) is -3.86. The Morgan fingerprint density at radius 3 is 1.62 bits per heavy atom. The van der Waals surface area contributed by atoms with Crippen LogP contribution in [0.15, 0.2) is 106 Å². The van der Waals surface area contributed by atoms with Crippen molar-refractivity contribution in [2.75, 3.05) is 0 Å². The predicted molar refractivity (Wildman–Crippen MR) is 120 cm³/mol. The van der Waals surface area contributed by atoms with Gasteiger partial charge < -0.3 is 0 Å². The van der Waals surface area contributed by atoms with E-state index in [-0.39, 0.29) is 27.8 Å². The highest BCUT2D eigenvalue weighted by atomic mass is 32.2. The third-order valence-corrected chi connectivity index (χ3v) is 6.86. The van der Waals surface area contributed by atoms with Crippen molar-refractivity contribution in [2.45, 2.75) is 26.3 Å². The molecule has 0 bridgehead atoms. The molecule has 3 rings (SSSR count). The molecule has 0 heterocycles. The Morgan fingerprint density at radius 1 is 0.724 bits per heavy atom. The molecule has 0 radical (unpaired) electrons. The Labute approximate surface area is 181 Å². The van der Waals surface area contributed by atoms with Crippen LogP contribution in [0.5, 0.6) is 0 Å². The smallest absolute Gasteiger partial charge is 0.246 e. The minimum absolute atomic E-state index is 0.0561. The number of thioether (sulfide) groups is 3. The van der Waals surface area contributed by atoms with E-state index >= 15 is 0 Å². The highest BCUT2D eigenvalue weighted by molar-refractivity contribution is 8.18. The van der Waals surface area contributed by atoms with Gasteiger partial charge in [0.2, 0.25) is 0 Å². The molecule has 0 saturated carbocycles. The van der Waals surface area contributed by atoms with Crippen molar-refractivity contribution in [3.8, 4) is 0 Å². The van der Waals surface area contributed by atoms with E-state index in [1.54, 1.807) is 47.8 Å². The number of halogens is 3. The maximum Gasteiger partial charge on any atom is 0.447 e. The van der Waals surface area contributed by atoms with Crippen molar-refractivity contribution in [1.82, 2.24) is 0 Å². The number of aliphatic imine (C=N–C) groups is 1. The minimum atomic E-state index is -4.38. The van der Waals surface area contributed by atoms with E-state index in [0.717, 1.165) is 9.79 Å². The van der Waals surface area contributed by atoms with Gasteiger partial charge >= 0.3 is 5.51 Å². The van der Waals surface area contributed by atoms with Crippen LogP contribution >= 0.6 is 35.3 Å². The average Bonchev–Trinajstić information content (AvgIpc) is 2.69. The van der Waals surface area contributed by atoms with E-state index in [1.807, 2.05) is 66.7 Å². The molecule has 0 saturated heterocycles. The number of hydrogen-bond donors (Lipinski definition) is 0. The summed E-state index contributed by atoms with van der Waals surface area (Å²) in [6, 6.07) is 28.2. The van der Waals surface area contributed by atoms with Gasteiger partial charge in [-0.3, -0.25) is 0 Å². The second-order valence-corrected chi connectivity index (χ2v) is 9.87. The standard InChI is InChI=1S/C22H18F3NS3/c23-22(24,25)29-20(26-17-10-4-1-5-11-17)16-21(27-18-12-6-2-7-13-18)28-19-14-8-3-9-15-19/h1-15,21H,16H2. The molecular weight excluding hydrogens is 431 g/mol. The second-order valence-electron chi connectivity index (χ2n) is 5.88. The number of hydrogen-bond acceptors (Lipinski definition) is 4. The largest absolute Gasteiger partial charge is 0.447 e. The van der Waals surface area contributed by atoms with Crippen molar-refractivity contribution in [3.63, 3.8) is 0 Å². The molecule has 150 valence electrons. The first-order chi connectivity index (χ1) is 14.0. The third-order valence-electron chi connectivity index (χ3n) is 3.61. The van der Waals surface area contributed by atoms with Gasteiger partial charge in [-0.25, -0.2) is 4.99 Å². The molecular formula is C22H18F3NS3. The normalized spacial score (nSPS) is 12.3. The van der Waals surface area contributed by atoms with Gasteiger partial charge in [0.25, 0.3) is 0 Å². The minimum Gasteiger partial charge on any atom is -0.246 e. The zero-order valence-electron chi connectivity index (χ0n) is 15.3. The van der Waals surface area contributed by atoms with E-state index in [9.17, 15) is 13.2 Å². The first kappa shape index (κ1) is 21.9. The SMILES string of the molecule is FC(F)(F)SC(CC(Sc1ccccc1)Sc1ccccc1)=Nc1ccccc1. The molecule has 0 amide bonds. The second kappa shape index (κ2) is 10.8. The summed E-state index contributed by atoms with van der Waals surface area (Å²) in [6.45, 7) is 0. The quantitative estimate of drug-likeness (QED) is 0.156. The fourth-order valence-electron chi connectivity index (χ4n) is 2.44. The molecule has 0 aliphatic heterocycles. The summed E-state index contributed by atoms with van der Waals surface area (Å²) in [6.07, 6.45) is 0.193. The van der Waals surface area contributed by atoms with E-state index in [0.29, 0.717) is 5.69 Å². The van der Waals surface area contributed by atoms with E-state index in [1.165, 1.54) is 0 Å². The molecule has 0 fully saturated rings. The summed E-state index contributed by atoms with van der Waals surface area (Å²) in [5, 5.41) is 0.0561. The van der Waals surface area contributed by atoms with Crippen LogP contribution in [-0.2, 0) is 0 Å². The van der Waals surface area contributed by atoms with E-state index in [4.69, 9.17) is 0 Å². The monoisotopic (exact) mass is 449 g/mol. The molecule has 0 unspecified atom stereocenters. The molecule has 1 nitrogen and oxygen atoms in total. The summed E-state index contributed by atoms with van der Waals surface area (Å²) in [5.74, 6) is 0. The maximum absolute atomic E-state index is 13.2. The lowest BCUT2D eigenvalue weighted by Crippen LogP contribution is -2.11. The Balaban J connectivity index is 1.85. The van der Waals surface area contributed by atoms with Crippen molar-refractivity contribution >= 4 is 46.0 Å². The fourth-order valence-corrected chi connectivity index (χ4v) is 5.90. The van der Waals surface area contributed by atoms with Gasteiger partial charge in [-0.1, -0.05) is 54.6 Å². The van der Waals surface area contributed by atoms with Crippen molar-refractivity contribution in [2.24, 2.45) is 4.99 Å². The van der Waals surface area contributed by atoms with E-state index < -0.39 is 5.51 Å². The molecule has 0 N–H and O–H groups in total. The van der Waals surface area contributed by atoms with Gasteiger partial charge in [0.15, 0.2) is 0 Å². The molecule has 3 aromatic rings. The number of rotatable bonds is 7. The Bertz CT molecular complexity index is 859. The van der Waals surface area contributed by atoms with Crippen molar-refractivity contribution in [3.05, 3.63) is 91.0 Å². The van der Waals surface area contributed by atoms with Crippen LogP contribution in [0.3, 0.4) is 0 Å². The van der Waals surface area contributed by atoms with Crippen LogP contribution < -0.4 is 0 Å². The van der Waals surface area contributed by atoms with Gasteiger partial charge in [0.1, 0.15) is 0 Å². The first-order valence-corrected chi connectivity index (χ1v) is 11.4. The highest BCUT2D eigenvalue weighted by Gasteiger charge is 2.32. The molecule has 0 atom stereocenters. The van der Waals surface area contributed by atoms with Gasteiger partial charge in [-0.2, -0.15) is 13.2 Å². The highest BCUT2D eigenvalue weighted by Crippen LogP contribution is 2.41.